The normalized spacial score (nSPS) is 17.8. The lowest BCUT2D eigenvalue weighted by Gasteiger charge is -2.26. The zero-order valence-corrected chi connectivity index (χ0v) is 19.7. The molecule has 0 saturated carbocycles. The predicted octanol–water partition coefficient (Wildman–Crippen LogP) is 2.96. The van der Waals surface area contributed by atoms with Crippen LogP contribution in [0.1, 0.15) is 24.5 Å². The molecule has 2 aliphatic rings. The van der Waals surface area contributed by atoms with Crippen molar-refractivity contribution in [2.45, 2.75) is 20.3 Å². The quantitative estimate of drug-likeness (QED) is 0.453. The number of amides is 2. The zero-order valence-electron chi connectivity index (χ0n) is 19.7. The Balaban J connectivity index is 1.59. The third-order valence-electron chi connectivity index (χ3n) is 5.81. The van der Waals surface area contributed by atoms with Crippen molar-refractivity contribution in [2.24, 2.45) is 0 Å². The number of ether oxygens (including phenoxy) is 3. The van der Waals surface area contributed by atoms with E-state index in [9.17, 15) is 9.59 Å². The molecule has 0 spiro atoms. The van der Waals surface area contributed by atoms with Crippen LogP contribution in [0.4, 0.5) is 5.69 Å². The Kier molecular flexibility index (Phi) is 7.82. The van der Waals surface area contributed by atoms with Crippen LogP contribution in [-0.4, -0.2) is 62.8 Å². The number of anilines is 1. The number of hydrogen-bond donors (Lipinski definition) is 1. The molecule has 0 unspecified atom stereocenters. The maximum Gasteiger partial charge on any atom is 0.282 e. The molecular formula is C26H31N3O5. The second kappa shape index (κ2) is 11.2. The van der Waals surface area contributed by atoms with Gasteiger partial charge in [0.05, 0.1) is 25.5 Å². The fourth-order valence-electron chi connectivity index (χ4n) is 3.94. The Morgan fingerprint density at radius 2 is 1.79 bits per heavy atom. The maximum atomic E-state index is 13.0. The number of rotatable bonds is 9. The average molecular weight is 466 g/mol. The molecule has 2 aromatic carbocycles. The molecule has 2 heterocycles. The van der Waals surface area contributed by atoms with Gasteiger partial charge in [-0.05, 0) is 43.7 Å². The lowest BCUT2D eigenvalue weighted by molar-refractivity contribution is -0.117. The summed E-state index contributed by atoms with van der Waals surface area (Å²) in [6, 6.07) is 12.7. The van der Waals surface area contributed by atoms with Gasteiger partial charge in [0.25, 0.3) is 11.8 Å². The highest BCUT2D eigenvalue weighted by Crippen LogP contribution is 2.34. The van der Waals surface area contributed by atoms with E-state index in [1.165, 1.54) is 5.01 Å². The van der Waals surface area contributed by atoms with Crippen LogP contribution in [0.25, 0.3) is 6.08 Å². The third-order valence-corrected chi connectivity index (χ3v) is 5.81. The van der Waals surface area contributed by atoms with Crippen LogP contribution >= 0.6 is 0 Å². The number of morpholine rings is 1. The van der Waals surface area contributed by atoms with Crippen LogP contribution < -0.4 is 19.9 Å². The molecule has 0 atom stereocenters. The monoisotopic (exact) mass is 465 g/mol. The van der Waals surface area contributed by atoms with Crippen molar-refractivity contribution in [2.75, 3.05) is 51.1 Å². The highest BCUT2D eigenvalue weighted by Gasteiger charge is 2.34. The SMILES string of the molecule is CCCOc1ccc(/C=C2/C(=O)NN(c3ccccc3)C2=O)c(OCCN2CCOCC2)c1C. The van der Waals surface area contributed by atoms with Gasteiger partial charge in [-0.2, -0.15) is 0 Å². The molecule has 1 N–H and O–H groups in total. The first-order valence-corrected chi connectivity index (χ1v) is 11.7. The maximum absolute atomic E-state index is 13.0. The zero-order chi connectivity index (χ0) is 23.9. The van der Waals surface area contributed by atoms with Gasteiger partial charge in [-0.1, -0.05) is 25.1 Å². The van der Waals surface area contributed by atoms with Gasteiger partial charge in [0.2, 0.25) is 0 Å². The lowest BCUT2D eigenvalue weighted by atomic mass is 10.0. The second-order valence-electron chi connectivity index (χ2n) is 8.23. The van der Waals surface area contributed by atoms with E-state index in [2.05, 4.69) is 17.2 Å². The van der Waals surface area contributed by atoms with Crippen molar-refractivity contribution in [1.29, 1.82) is 0 Å². The Morgan fingerprint density at radius 1 is 1.03 bits per heavy atom. The predicted molar refractivity (Wildman–Crippen MR) is 130 cm³/mol. The molecule has 2 fully saturated rings. The molecule has 2 aromatic rings. The molecule has 2 aliphatic heterocycles. The second-order valence-corrected chi connectivity index (χ2v) is 8.23. The van der Waals surface area contributed by atoms with Crippen LogP contribution in [-0.2, 0) is 14.3 Å². The van der Waals surface area contributed by atoms with E-state index in [-0.39, 0.29) is 5.57 Å². The topological polar surface area (TPSA) is 80.3 Å². The fraction of sp³-hybridized carbons (Fsp3) is 0.385. The van der Waals surface area contributed by atoms with Crippen LogP contribution in [0.15, 0.2) is 48.0 Å². The molecule has 4 rings (SSSR count). The van der Waals surface area contributed by atoms with Gasteiger partial charge >= 0.3 is 0 Å². The van der Waals surface area contributed by atoms with Crippen molar-refractivity contribution in [3.05, 3.63) is 59.2 Å². The van der Waals surface area contributed by atoms with Gasteiger partial charge in [0.1, 0.15) is 23.7 Å². The van der Waals surface area contributed by atoms with Gasteiger partial charge in [-0.25, -0.2) is 5.01 Å². The van der Waals surface area contributed by atoms with Crippen molar-refractivity contribution >= 4 is 23.6 Å². The number of carbonyl (C=O) groups is 2. The summed E-state index contributed by atoms with van der Waals surface area (Å²) in [5, 5.41) is 1.26. The van der Waals surface area contributed by atoms with Crippen molar-refractivity contribution in [3.8, 4) is 11.5 Å². The number of nitrogens with one attached hydrogen (secondary N) is 1. The summed E-state index contributed by atoms with van der Waals surface area (Å²) in [6.45, 7) is 9.04. The molecule has 8 nitrogen and oxygen atoms in total. The van der Waals surface area contributed by atoms with E-state index < -0.39 is 11.8 Å². The minimum Gasteiger partial charge on any atom is -0.493 e. The van der Waals surface area contributed by atoms with E-state index in [1.807, 2.05) is 37.3 Å². The van der Waals surface area contributed by atoms with Crippen LogP contribution in [0.3, 0.4) is 0 Å². The summed E-state index contributed by atoms with van der Waals surface area (Å²) in [7, 11) is 0. The van der Waals surface area contributed by atoms with Crippen LogP contribution in [0.5, 0.6) is 11.5 Å². The molecule has 8 heteroatoms. The van der Waals surface area contributed by atoms with Gasteiger partial charge < -0.3 is 14.2 Å². The average Bonchev–Trinajstić information content (AvgIpc) is 3.14. The molecule has 0 bridgehead atoms. The minimum atomic E-state index is -0.447. The number of benzene rings is 2. The number of carbonyl (C=O) groups excluding carboxylic acids is 2. The summed E-state index contributed by atoms with van der Waals surface area (Å²) < 4.78 is 17.5. The molecule has 0 aliphatic carbocycles. The highest BCUT2D eigenvalue weighted by atomic mass is 16.5. The van der Waals surface area contributed by atoms with Gasteiger partial charge in [-0.15, -0.1) is 0 Å². The Labute approximate surface area is 200 Å². The first-order valence-electron chi connectivity index (χ1n) is 11.7. The van der Waals surface area contributed by atoms with Crippen molar-refractivity contribution in [3.63, 3.8) is 0 Å². The summed E-state index contributed by atoms with van der Waals surface area (Å²) in [5.74, 6) is 0.503. The number of para-hydroxylation sites is 1. The smallest absolute Gasteiger partial charge is 0.282 e. The van der Waals surface area contributed by atoms with Gasteiger partial charge in [0.15, 0.2) is 0 Å². The van der Waals surface area contributed by atoms with E-state index in [1.54, 1.807) is 18.2 Å². The van der Waals surface area contributed by atoms with Crippen molar-refractivity contribution in [1.82, 2.24) is 10.3 Å². The standard InChI is InChI=1S/C26H31N3O5/c1-3-14-33-23-10-9-20(24(19(23)2)34-17-13-28-11-15-32-16-12-28)18-22-25(30)27-29(26(22)31)21-7-5-4-6-8-21/h4-10,18H,3,11-17H2,1-2H3,(H,27,30)/b22-18-. The van der Waals surface area contributed by atoms with E-state index in [0.717, 1.165) is 50.6 Å². The number of nitrogens with zero attached hydrogens (tertiary/aromatic N) is 2. The number of hydrogen-bond acceptors (Lipinski definition) is 6. The minimum absolute atomic E-state index is 0.0588. The van der Waals surface area contributed by atoms with Gasteiger partial charge in [0, 0.05) is 30.8 Å². The first-order chi connectivity index (χ1) is 16.6. The lowest BCUT2D eigenvalue weighted by Crippen LogP contribution is -2.38. The molecular weight excluding hydrogens is 434 g/mol. The Bertz CT molecular complexity index is 1050. The summed E-state index contributed by atoms with van der Waals surface area (Å²) in [4.78, 5) is 28.0. The van der Waals surface area contributed by atoms with Crippen molar-refractivity contribution < 1.29 is 23.8 Å². The molecule has 2 saturated heterocycles. The van der Waals surface area contributed by atoms with Gasteiger partial charge in [-0.3, -0.25) is 19.9 Å². The third kappa shape index (κ3) is 5.40. The molecule has 2 amide bonds. The molecule has 0 radical (unpaired) electrons. The Hall–Kier alpha value is -3.36. The Morgan fingerprint density at radius 3 is 2.53 bits per heavy atom. The van der Waals surface area contributed by atoms with E-state index >= 15 is 0 Å². The fourth-order valence-corrected chi connectivity index (χ4v) is 3.94. The number of hydrazine groups is 1. The molecule has 0 aromatic heterocycles. The highest BCUT2D eigenvalue weighted by molar-refractivity contribution is 6.31. The molecule has 180 valence electrons. The summed E-state index contributed by atoms with van der Waals surface area (Å²) in [6.07, 6.45) is 2.49. The van der Waals surface area contributed by atoms with Crippen LogP contribution in [0.2, 0.25) is 0 Å². The summed E-state index contributed by atoms with van der Waals surface area (Å²) in [5.41, 5.74) is 4.81. The summed E-state index contributed by atoms with van der Waals surface area (Å²) >= 11 is 0. The first kappa shape index (κ1) is 23.8. The molecule has 34 heavy (non-hydrogen) atoms. The largest absolute Gasteiger partial charge is 0.493 e. The van der Waals surface area contributed by atoms with Crippen LogP contribution in [0, 0.1) is 6.92 Å². The van der Waals surface area contributed by atoms with E-state index in [0.29, 0.717) is 30.2 Å². The van der Waals surface area contributed by atoms with E-state index in [4.69, 9.17) is 14.2 Å².